The van der Waals surface area contributed by atoms with Crippen LogP contribution >= 0.6 is 23.4 Å². The summed E-state index contributed by atoms with van der Waals surface area (Å²) in [5.74, 6) is -1.95. The third-order valence-electron chi connectivity index (χ3n) is 3.87. The van der Waals surface area contributed by atoms with E-state index in [4.69, 9.17) is 16.1 Å². The molecule has 144 valence electrons. The Morgan fingerprint density at radius 3 is 2.63 bits per heavy atom. The topological polar surface area (TPSA) is 69.4 Å². The predicted octanol–water partition coefficient (Wildman–Crippen LogP) is 4.88. The number of carbonyl (C=O) groups excluding carboxylic acids is 2. The molecule has 1 aromatic heterocycles. The lowest BCUT2D eigenvalue weighted by atomic mass is 9.99. The Morgan fingerprint density at radius 1 is 1.37 bits per heavy atom. The van der Waals surface area contributed by atoms with Gasteiger partial charge in [-0.3, -0.25) is 4.79 Å². The van der Waals surface area contributed by atoms with Gasteiger partial charge in [0.1, 0.15) is 5.56 Å². The predicted molar refractivity (Wildman–Crippen MR) is 91.5 cm³/mol. The Balaban J connectivity index is 1.97. The summed E-state index contributed by atoms with van der Waals surface area (Å²) in [7, 11) is 0. The average Bonchev–Trinajstić information content (AvgIpc) is 3.36. The molecule has 3 rings (SSSR count). The number of thioether (sulfide) groups is 1. The largest absolute Gasteiger partial charge is 0.451 e. The monoisotopic (exact) mass is 419 g/mol. The minimum absolute atomic E-state index is 0.101. The molecule has 1 fully saturated rings. The van der Waals surface area contributed by atoms with Crippen LogP contribution < -0.4 is 0 Å². The van der Waals surface area contributed by atoms with Crippen molar-refractivity contribution < 1.29 is 32.0 Å². The molecule has 0 atom stereocenters. The standard InChI is InChI=1S/C17H13ClF3NO4S/c1-27-9-4-5-10(11(18)6-9)14(23)12-13(16(24)25-7-17(19,20)21)22-26-15(12)8-2-3-8/h4-6,8H,2-3,7H2,1H3. The average molecular weight is 420 g/mol. The summed E-state index contributed by atoms with van der Waals surface area (Å²) in [6.45, 7) is -1.78. The molecule has 1 heterocycles. The number of rotatable bonds is 6. The number of ketones is 1. The molecule has 27 heavy (non-hydrogen) atoms. The number of aromatic nitrogens is 1. The maximum Gasteiger partial charge on any atom is 0.422 e. The molecule has 0 radical (unpaired) electrons. The third-order valence-corrected chi connectivity index (χ3v) is 4.91. The molecule has 0 saturated heterocycles. The maximum absolute atomic E-state index is 13.0. The fourth-order valence-corrected chi connectivity index (χ4v) is 3.21. The van der Waals surface area contributed by atoms with Crippen molar-refractivity contribution >= 4 is 35.1 Å². The highest BCUT2D eigenvalue weighted by molar-refractivity contribution is 7.98. The Kier molecular flexibility index (Phi) is 5.53. The van der Waals surface area contributed by atoms with Gasteiger partial charge in [0.05, 0.1) is 5.02 Å². The molecule has 5 nitrogen and oxygen atoms in total. The van der Waals surface area contributed by atoms with Gasteiger partial charge in [0.15, 0.2) is 12.4 Å². The quantitative estimate of drug-likeness (QED) is 0.377. The van der Waals surface area contributed by atoms with Crippen LogP contribution in [-0.4, -0.2) is 35.9 Å². The highest BCUT2D eigenvalue weighted by Crippen LogP contribution is 2.43. The van der Waals surface area contributed by atoms with Crippen molar-refractivity contribution in [2.24, 2.45) is 0 Å². The number of ether oxygens (including phenoxy) is 1. The van der Waals surface area contributed by atoms with E-state index in [1.165, 1.54) is 17.8 Å². The zero-order valence-corrected chi connectivity index (χ0v) is 15.5. The molecule has 10 heteroatoms. The van der Waals surface area contributed by atoms with Crippen LogP contribution in [0, 0.1) is 0 Å². The molecular formula is C17H13ClF3NO4S. The normalized spacial score (nSPS) is 14.3. The van der Waals surface area contributed by atoms with Crippen molar-refractivity contribution in [3.05, 3.63) is 45.8 Å². The molecule has 1 aliphatic carbocycles. The van der Waals surface area contributed by atoms with Gasteiger partial charge >= 0.3 is 12.1 Å². The molecule has 0 unspecified atom stereocenters. The molecule has 0 amide bonds. The number of hydrogen-bond donors (Lipinski definition) is 0. The lowest BCUT2D eigenvalue weighted by Crippen LogP contribution is -2.22. The van der Waals surface area contributed by atoms with Crippen LogP contribution in [0.15, 0.2) is 27.6 Å². The second-order valence-corrected chi connectivity index (χ2v) is 7.20. The van der Waals surface area contributed by atoms with Gasteiger partial charge in [-0.05, 0) is 37.3 Å². The summed E-state index contributed by atoms with van der Waals surface area (Å²) in [6.07, 6.45) is -1.40. The van der Waals surface area contributed by atoms with Crippen molar-refractivity contribution in [1.82, 2.24) is 5.16 Å². The van der Waals surface area contributed by atoms with E-state index in [-0.39, 0.29) is 27.8 Å². The number of halogens is 4. The fraction of sp³-hybridized carbons (Fsp3) is 0.353. The van der Waals surface area contributed by atoms with E-state index in [1.807, 2.05) is 6.26 Å². The summed E-state index contributed by atoms with van der Waals surface area (Å²) in [5, 5.41) is 3.66. The fourth-order valence-electron chi connectivity index (χ4n) is 2.44. The maximum atomic E-state index is 13.0. The first-order valence-electron chi connectivity index (χ1n) is 7.83. The van der Waals surface area contributed by atoms with Crippen LogP contribution in [-0.2, 0) is 4.74 Å². The Morgan fingerprint density at radius 2 is 2.07 bits per heavy atom. The van der Waals surface area contributed by atoms with Gasteiger partial charge in [0.2, 0.25) is 11.5 Å². The summed E-state index contributed by atoms with van der Waals surface area (Å²) in [6, 6.07) is 4.76. The van der Waals surface area contributed by atoms with Crippen LogP contribution in [0.4, 0.5) is 13.2 Å². The van der Waals surface area contributed by atoms with Gasteiger partial charge in [-0.2, -0.15) is 13.2 Å². The minimum Gasteiger partial charge on any atom is -0.451 e. The van der Waals surface area contributed by atoms with Crippen molar-refractivity contribution in [2.45, 2.75) is 29.8 Å². The van der Waals surface area contributed by atoms with E-state index in [0.717, 1.165) is 17.7 Å². The molecule has 0 N–H and O–H groups in total. The van der Waals surface area contributed by atoms with Crippen molar-refractivity contribution in [1.29, 1.82) is 0 Å². The zero-order chi connectivity index (χ0) is 19.8. The number of hydrogen-bond acceptors (Lipinski definition) is 6. The number of alkyl halides is 3. The first-order valence-corrected chi connectivity index (χ1v) is 9.43. The molecule has 1 saturated carbocycles. The van der Waals surface area contributed by atoms with Crippen molar-refractivity contribution in [3.63, 3.8) is 0 Å². The number of carbonyl (C=O) groups is 2. The second-order valence-electron chi connectivity index (χ2n) is 5.91. The Hall–Kier alpha value is -2.00. The van der Waals surface area contributed by atoms with Gasteiger partial charge in [0.25, 0.3) is 0 Å². The van der Waals surface area contributed by atoms with E-state index in [1.54, 1.807) is 12.1 Å². The van der Waals surface area contributed by atoms with Crippen molar-refractivity contribution in [3.8, 4) is 0 Å². The van der Waals surface area contributed by atoms with Crippen LogP contribution in [0.2, 0.25) is 5.02 Å². The third kappa shape index (κ3) is 4.47. The van der Waals surface area contributed by atoms with Crippen molar-refractivity contribution in [2.75, 3.05) is 12.9 Å². The van der Waals surface area contributed by atoms with E-state index in [2.05, 4.69) is 9.89 Å². The Bertz CT molecular complexity index is 893. The molecule has 1 aromatic carbocycles. The summed E-state index contributed by atoms with van der Waals surface area (Å²) in [5.41, 5.74) is -0.663. The number of nitrogens with zero attached hydrogens (tertiary/aromatic N) is 1. The second kappa shape index (κ2) is 7.55. The van der Waals surface area contributed by atoms with Gasteiger partial charge in [0, 0.05) is 16.4 Å². The zero-order valence-electron chi connectivity index (χ0n) is 13.9. The molecule has 2 aromatic rings. The highest BCUT2D eigenvalue weighted by atomic mass is 35.5. The summed E-state index contributed by atoms with van der Waals surface area (Å²) < 4.78 is 46.3. The van der Waals surface area contributed by atoms with Gasteiger partial charge in [-0.25, -0.2) is 4.79 Å². The first kappa shape index (κ1) is 19.8. The number of benzene rings is 1. The summed E-state index contributed by atoms with van der Waals surface area (Å²) >= 11 is 7.60. The highest BCUT2D eigenvalue weighted by Gasteiger charge is 2.39. The molecule has 0 bridgehead atoms. The first-order chi connectivity index (χ1) is 12.7. The lowest BCUT2D eigenvalue weighted by Gasteiger charge is -2.08. The number of esters is 1. The van der Waals surface area contributed by atoms with Gasteiger partial charge < -0.3 is 9.26 Å². The summed E-state index contributed by atoms with van der Waals surface area (Å²) in [4.78, 5) is 25.9. The van der Waals surface area contributed by atoms with Crippen LogP contribution in [0.5, 0.6) is 0 Å². The molecule has 1 aliphatic rings. The lowest BCUT2D eigenvalue weighted by molar-refractivity contribution is -0.161. The van der Waals surface area contributed by atoms with Gasteiger partial charge in [-0.1, -0.05) is 16.8 Å². The van der Waals surface area contributed by atoms with Gasteiger partial charge in [-0.15, -0.1) is 11.8 Å². The molecular weight excluding hydrogens is 407 g/mol. The van der Waals surface area contributed by atoms with Crippen LogP contribution in [0.3, 0.4) is 0 Å². The van der Waals surface area contributed by atoms with E-state index in [9.17, 15) is 22.8 Å². The minimum atomic E-state index is -4.69. The van der Waals surface area contributed by atoms with E-state index in [0.29, 0.717) is 0 Å². The SMILES string of the molecule is CSc1ccc(C(=O)c2c(C(=O)OCC(F)(F)F)noc2C2CC2)c(Cl)c1. The Labute approximate surface area is 161 Å². The molecule has 0 spiro atoms. The van der Waals surface area contributed by atoms with Crippen LogP contribution in [0.25, 0.3) is 0 Å². The molecule has 0 aliphatic heterocycles. The van der Waals surface area contributed by atoms with E-state index >= 15 is 0 Å². The van der Waals surface area contributed by atoms with E-state index < -0.39 is 30.2 Å². The van der Waals surface area contributed by atoms with Crippen LogP contribution in [0.1, 0.15) is 50.9 Å². The smallest absolute Gasteiger partial charge is 0.422 e.